The smallest absolute Gasteiger partial charge is 0.243 e. The number of aromatic amines is 1. The second-order valence-electron chi connectivity index (χ2n) is 8.10. The zero-order valence-electron chi connectivity index (χ0n) is 21.3. The minimum Gasteiger partial charge on any atom is -0.494 e. The molecule has 0 fully saturated rings. The van der Waals surface area contributed by atoms with E-state index in [4.69, 9.17) is 25.8 Å². The lowest BCUT2D eigenvalue weighted by Crippen LogP contribution is -2.34. The molecule has 2 unspecified atom stereocenters. The second-order valence-corrected chi connectivity index (χ2v) is 10.6. The zero-order valence-corrected chi connectivity index (χ0v) is 22.9. The third-order valence-corrected chi connectivity index (χ3v) is 7.51. The topological polar surface area (TPSA) is 159 Å². The van der Waals surface area contributed by atoms with Gasteiger partial charge in [0.1, 0.15) is 34.2 Å². The van der Waals surface area contributed by atoms with E-state index in [-0.39, 0.29) is 24.2 Å². The predicted molar refractivity (Wildman–Crippen MR) is 140 cm³/mol. The fourth-order valence-corrected chi connectivity index (χ4v) is 4.97. The number of para-hydroxylation sites is 1. The van der Waals surface area contributed by atoms with Crippen molar-refractivity contribution < 1.29 is 22.6 Å². The van der Waals surface area contributed by atoms with Gasteiger partial charge in [0, 0.05) is 19.0 Å². The molecule has 2 N–H and O–H groups in total. The number of hydrogen-bond acceptors (Lipinski definition) is 10. The number of methoxy groups -OCH3 is 2. The highest BCUT2D eigenvalue weighted by Crippen LogP contribution is 2.38. The van der Waals surface area contributed by atoms with Gasteiger partial charge in [-0.15, -0.1) is 10.2 Å². The molecule has 1 aromatic carbocycles. The molecule has 0 aliphatic rings. The van der Waals surface area contributed by atoms with Gasteiger partial charge < -0.3 is 14.2 Å². The Morgan fingerprint density at radius 2 is 1.79 bits per heavy atom. The molecule has 4 aromatic rings. The standard InChI is InChI=1S/C23H27ClN8O5S/c1-6-37-20(21-25-11-15(24)12-26-21)14(3)38(33,34)31-23-30-29-22(16-10-13(2)27-28-16)32(23)19-17(35-4)8-7-9-18(19)36-5/h7-12,14,20H,6H2,1-5H3,(H,27,28)(H,30,31). The van der Waals surface area contributed by atoms with Gasteiger partial charge in [-0.2, -0.15) is 5.10 Å². The van der Waals surface area contributed by atoms with E-state index < -0.39 is 21.4 Å². The molecule has 0 saturated carbocycles. The molecule has 0 bridgehead atoms. The number of nitrogens with zero attached hydrogens (tertiary/aromatic N) is 6. The summed E-state index contributed by atoms with van der Waals surface area (Å²) < 4.78 is 48.3. The van der Waals surface area contributed by atoms with Crippen LogP contribution in [0.4, 0.5) is 5.95 Å². The first-order valence-electron chi connectivity index (χ1n) is 11.5. The molecule has 3 heterocycles. The van der Waals surface area contributed by atoms with Gasteiger partial charge in [0.2, 0.25) is 16.0 Å². The highest BCUT2D eigenvalue weighted by atomic mass is 35.5. The third kappa shape index (κ3) is 5.42. The number of halogens is 1. The van der Waals surface area contributed by atoms with Crippen LogP contribution in [0.1, 0.15) is 31.5 Å². The summed E-state index contributed by atoms with van der Waals surface area (Å²) in [6.07, 6.45) is 1.78. The molecule has 0 aliphatic carbocycles. The Morgan fingerprint density at radius 3 is 2.34 bits per heavy atom. The molecule has 0 saturated heterocycles. The lowest BCUT2D eigenvalue weighted by atomic mass is 10.2. The van der Waals surface area contributed by atoms with E-state index in [2.05, 4.69) is 35.1 Å². The van der Waals surface area contributed by atoms with Crippen molar-refractivity contribution in [2.45, 2.75) is 32.1 Å². The maximum atomic E-state index is 13.7. The van der Waals surface area contributed by atoms with Gasteiger partial charge >= 0.3 is 0 Å². The Balaban J connectivity index is 1.82. The number of H-pyrrole nitrogens is 1. The number of hydrogen-bond donors (Lipinski definition) is 2. The van der Waals surface area contributed by atoms with E-state index in [1.165, 1.54) is 38.1 Å². The fraction of sp³-hybridized carbons (Fsp3) is 0.348. The van der Waals surface area contributed by atoms with Crippen LogP contribution in [0.3, 0.4) is 0 Å². The lowest BCUT2D eigenvalue weighted by molar-refractivity contribution is 0.0558. The Morgan fingerprint density at radius 1 is 1.13 bits per heavy atom. The predicted octanol–water partition coefficient (Wildman–Crippen LogP) is 3.33. The normalized spacial score (nSPS) is 13.2. The summed E-state index contributed by atoms with van der Waals surface area (Å²) in [5.41, 5.74) is 1.60. The monoisotopic (exact) mass is 562 g/mol. The summed E-state index contributed by atoms with van der Waals surface area (Å²) in [5, 5.41) is 14.6. The summed E-state index contributed by atoms with van der Waals surface area (Å²) in [4.78, 5) is 8.32. The number of benzene rings is 1. The molecule has 0 radical (unpaired) electrons. The van der Waals surface area contributed by atoms with Crippen molar-refractivity contribution in [1.82, 2.24) is 34.9 Å². The number of ether oxygens (including phenoxy) is 3. The van der Waals surface area contributed by atoms with Crippen molar-refractivity contribution >= 4 is 27.6 Å². The second kappa shape index (κ2) is 11.3. The highest BCUT2D eigenvalue weighted by molar-refractivity contribution is 7.93. The average molecular weight is 563 g/mol. The first kappa shape index (κ1) is 27.3. The van der Waals surface area contributed by atoms with Crippen LogP contribution in [0.15, 0.2) is 36.7 Å². The van der Waals surface area contributed by atoms with Crippen LogP contribution in [0.25, 0.3) is 17.2 Å². The SMILES string of the molecule is CCOC(c1ncc(Cl)cn1)C(C)S(=O)(=O)Nc1nnc(-c2cc(C)n[nH]2)n1-c1c(OC)cccc1OC. The van der Waals surface area contributed by atoms with Crippen molar-refractivity contribution in [3.63, 3.8) is 0 Å². The number of aryl methyl sites for hydroxylation is 1. The summed E-state index contributed by atoms with van der Waals surface area (Å²) >= 11 is 5.91. The minimum absolute atomic E-state index is 0.103. The summed E-state index contributed by atoms with van der Waals surface area (Å²) in [6, 6.07) is 6.93. The minimum atomic E-state index is -4.15. The Kier molecular flexibility index (Phi) is 8.14. The lowest BCUT2D eigenvalue weighted by Gasteiger charge is -2.23. The molecule has 0 amide bonds. The molecule has 38 heavy (non-hydrogen) atoms. The zero-order chi connectivity index (χ0) is 27.4. The van der Waals surface area contributed by atoms with Gasteiger partial charge in [0.15, 0.2) is 11.6 Å². The van der Waals surface area contributed by atoms with Gasteiger partial charge in [-0.3, -0.25) is 14.4 Å². The number of nitrogens with one attached hydrogen (secondary N) is 2. The van der Waals surface area contributed by atoms with E-state index in [0.717, 1.165) is 0 Å². The molecule has 202 valence electrons. The van der Waals surface area contributed by atoms with Gasteiger partial charge in [0.05, 0.1) is 24.9 Å². The van der Waals surface area contributed by atoms with Crippen molar-refractivity contribution in [2.24, 2.45) is 0 Å². The van der Waals surface area contributed by atoms with Crippen LogP contribution >= 0.6 is 11.6 Å². The molecule has 3 aromatic heterocycles. The highest BCUT2D eigenvalue weighted by Gasteiger charge is 2.35. The molecule has 4 rings (SSSR count). The Bertz CT molecular complexity index is 1480. The summed E-state index contributed by atoms with van der Waals surface area (Å²) in [7, 11) is -1.16. The Labute approximate surface area is 224 Å². The maximum Gasteiger partial charge on any atom is 0.243 e. The fourth-order valence-electron chi connectivity index (χ4n) is 3.78. The van der Waals surface area contributed by atoms with Gasteiger partial charge in [0.25, 0.3) is 0 Å². The molecule has 15 heteroatoms. The van der Waals surface area contributed by atoms with E-state index in [9.17, 15) is 8.42 Å². The van der Waals surface area contributed by atoms with Crippen molar-refractivity contribution in [1.29, 1.82) is 0 Å². The van der Waals surface area contributed by atoms with E-state index in [0.29, 0.717) is 33.6 Å². The number of rotatable bonds is 11. The number of sulfonamides is 1. The first-order valence-corrected chi connectivity index (χ1v) is 13.4. The summed E-state index contributed by atoms with van der Waals surface area (Å²) in [5.74, 6) is 1.15. The third-order valence-electron chi connectivity index (χ3n) is 5.63. The van der Waals surface area contributed by atoms with E-state index in [1.807, 2.05) is 6.92 Å². The van der Waals surface area contributed by atoms with Crippen molar-refractivity contribution in [3.8, 4) is 28.7 Å². The molecule has 13 nitrogen and oxygen atoms in total. The van der Waals surface area contributed by atoms with Crippen LogP contribution in [0.2, 0.25) is 5.02 Å². The number of anilines is 1. The average Bonchev–Trinajstić information content (AvgIpc) is 3.52. The molecular weight excluding hydrogens is 536 g/mol. The summed E-state index contributed by atoms with van der Waals surface area (Å²) in [6.45, 7) is 5.28. The molecule has 0 spiro atoms. The number of aromatic nitrogens is 7. The van der Waals surface area contributed by atoms with Crippen LogP contribution < -0.4 is 14.2 Å². The Hall–Kier alpha value is -3.75. The quantitative estimate of drug-likeness (QED) is 0.277. The largest absolute Gasteiger partial charge is 0.494 e. The molecular formula is C23H27ClN8O5S. The van der Waals surface area contributed by atoms with Crippen LogP contribution in [-0.4, -0.2) is 69.4 Å². The molecule has 2 atom stereocenters. The van der Waals surface area contributed by atoms with Gasteiger partial charge in [-0.05, 0) is 39.0 Å². The van der Waals surface area contributed by atoms with E-state index in [1.54, 1.807) is 31.2 Å². The van der Waals surface area contributed by atoms with Gasteiger partial charge in [-0.25, -0.2) is 18.4 Å². The van der Waals surface area contributed by atoms with Gasteiger partial charge in [-0.1, -0.05) is 17.7 Å². The van der Waals surface area contributed by atoms with Crippen LogP contribution in [0, 0.1) is 6.92 Å². The molecule has 0 aliphatic heterocycles. The van der Waals surface area contributed by atoms with Crippen LogP contribution in [0.5, 0.6) is 11.5 Å². The van der Waals surface area contributed by atoms with Crippen molar-refractivity contribution in [3.05, 3.63) is 53.2 Å². The first-order chi connectivity index (χ1) is 18.2. The maximum absolute atomic E-state index is 13.7. The van der Waals surface area contributed by atoms with Crippen LogP contribution in [-0.2, 0) is 14.8 Å². The van der Waals surface area contributed by atoms with Crippen molar-refractivity contribution in [2.75, 3.05) is 25.5 Å². The van der Waals surface area contributed by atoms with E-state index >= 15 is 0 Å².